The molecule has 0 saturated heterocycles. The highest BCUT2D eigenvalue weighted by Crippen LogP contribution is 2.11. The molecule has 1 unspecified atom stereocenters. The number of hydrogen-bond acceptors (Lipinski definition) is 1. The maximum absolute atomic E-state index is 5.66. The van der Waals surface area contributed by atoms with Crippen LogP contribution in [-0.4, -0.2) is 11.7 Å². The Morgan fingerprint density at radius 2 is 2.67 bits per heavy atom. The van der Waals surface area contributed by atoms with E-state index in [0.29, 0.717) is 0 Å². The number of aliphatic imine (C=N–C) groups is 1. The van der Waals surface area contributed by atoms with Gasteiger partial charge in [0.15, 0.2) is 0 Å². The van der Waals surface area contributed by atoms with Gasteiger partial charge in [-0.3, -0.25) is 4.99 Å². The van der Waals surface area contributed by atoms with E-state index in [-0.39, 0.29) is 5.50 Å². The smallest absolute Gasteiger partial charge is 0.127 e. The van der Waals surface area contributed by atoms with Crippen LogP contribution in [-0.2, 0) is 0 Å². The van der Waals surface area contributed by atoms with E-state index in [4.69, 9.17) is 11.6 Å². The predicted octanol–water partition coefficient (Wildman–Crippen LogP) is 2.14. The van der Waals surface area contributed by atoms with Crippen molar-refractivity contribution in [3.8, 4) is 0 Å². The van der Waals surface area contributed by atoms with E-state index in [0.717, 1.165) is 12.0 Å². The lowest BCUT2D eigenvalue weighted by molar-refractivity contribution is 0.912. The number of dihydropyridines is 1. The van der Waals surface area contributed by atoms with Crippen molar-refractivity contribution in [2.45, 2.75) is 11.9 Å². The van der Waals surface area contributed by atoms with E-state index in [2.05, 4.69) is 11.6 Å². The zero-order valence-corrected chi connectivity index (χ0v) is 5.80. The highest BCUT2D eigenvalue weighted by Gasteiger charge is 2.02. The molecule has 9 heavy (non-hydrogen) atoms. The largest absolute Gasteiger partial charge is 0.273 e. The molecule has 0 aromatic heterocycles. The first-order valence-corrected chi connectivity index (χ1v) is 3.26. The minimum Gasteiger partial charge on any atom is -0.273 e. The first-order valence-electron chi connectivity index (χ1n) is 2.83. The molecule has 0 spiro atoms. The van der Waals surface area contributed by atoms with Crippen molar-refractivity contribution in [1.82, 2.24) is 0 Å². The van der Waals surface area contributed by atoms with Crippen molar-refractivity contribution < 1.29 is 0 Å². The van der Waals surface area contributed by atoms with Crippen LogP contribution < -0.4 is 0 Å². The zero-order valence-electron chi connectivity index (χ0n) is 5.05. The second-order valence-corrected chi connectivity index (χ2v) is 2.36. The van der Waals surface area contributed by atoms with Gasteiger partial charge in [-0.05, 0) is 5.57 Å². The summed E-state index contributed by atoms with van der Waals surface area (Å²) >= 11 is 5.66. The molecule has 1 aliphatic heterocycles. The number of halogens is 1. The van der Waals surface area contributed by atoms with Crippen LogP contribution in [0, 0.1) is 0 Å². The Morgan fingerprint density at radius 3 is 3.11 bits per heavy atom. The molecule has 0 aromatic carbocycles. The molecule has 0 aliphatic carbocycles. The molecule has 2 heteroatoms. The summed E-state index contributed by atoms with van der Waals surface area (Å²) in [6.45, 7) is 3.61. The number of hydrogen-bond donors (Lipinski definition) is 0. The van der Waals surface area contributed by atoms with Crippen LogP contribution in [0.15, 0.2) is 29.3 Å². The Kier molecular flexibility index (Phi) is 2.06. The molecule has 0 amide bonds. The van der Waals surface area contributed by atoms with Gasteiger partial charge in [0.05, 0.1) is 0 Å². The summed E-state index contributed by atoms with van der Waals surface area (Å²) < 4.78 is 0. The van der Waals surface area contributed by atoms with Gasteiger partial charge in [0.25, 0.3) is 0 Å². The van der Waals surface area contributed by atoms with Gasteiger partial charge in [-0.2, -0.15) is 0 Å². The standard InChI is InChI=1S/C7H8ClN/c1-2-6-3-4-7(8)9-5-6/h2-3,5,7H,1,4H2. The van der Waals surface area contributed by atoms with Gasteiger partial charge >= 0.3 is 0 Å². The van der Waals surface area contributed by atoms with Crippen molar-refractivity contribution in [3.63, 3.8) is 0 Å². The highest BCUT2D eigenvalue weighted by atomic mass is 35.5. The summed E-state index contributed by atoms with van der Waals surface area (Å²) in [5.74, 6) is 0. The molecule has 1 nitrogen and oxygen atoms in total. The second-order valence-electron chi connectivity index (χ2n) is 1.86. The molecule has 0 fully saturated rings. The Hall–Kier alpha value is -0.560. The van der Waals surface area contributed by atoms with Crippen molar-refractivity contribution >= 4 is 17.8 Å². The van der Waals surface area contributed by atoms with Gasteiger partial charge in [0.2, 0.25) is 0 Å². The summed E-state index contributed by atoms with van der Waals surface area (Å²) in [5, 5.41) is 0. The Bertz CT molecular complexity index is 170. The molecule has 1 heterocycles. The van der Waals surface area contributed by atoms with Crippen molar-refractivity contribution in [2.75, 3.05) is 0 Å². The third kappa shape index (κ3) is 1.68. The zero-order chi connectivity index (χ0) is 6.69. The quantitative estimate of drug-likeness (QED) is 0.392. The lowest BCUT2D eigenvalue weighted by Gasteiger charge is -2.05. The molecule has 0 saturated carbocycles. The average molecular weight is 142 g/mol. The highest BCUT2D eigenvalue weighted by molar-refractivity contribution is 6.21. The number of rotatable bonds is 1. The number of allylic oxidation sites excluding steroid dienone is 2. The van der Waals surface area contributed by atoms with E-state index in [1.165, 1.54) is 0 Å². The predicted molar refractivity (Wildman–Crippen MR) is 41.0 cm³/mol. The van der Waals surface area contributed by atoms with Gasteiger partial charge in [-0.25, -0.2) is 0 Å². The molecule has 0 N–H and O–H groups in total. The van der Waals surface area contributed by atoms with Gasteiger partial charge in [0, 0.05) is 12.6 Å². The molecular weight excluding hydrogens is 134 g/mol. The first kappa shape index (κ1) is 6.56. The van der Waals surface area contributed by atoms with Crippen LogP contribution in [0.3, 0.4) is 0 Å². The minimum atomic E-state index is -0.0614. The monoisotopic (exact) mass is 141 g/mol. The minimum absolute atomic E-state index is 0.0614. The molecule has 48 valence electrons. The summed E-state index contributed by atoms with van der Waals surface area (Å²) in [6, 6.07) is 0. The molecule has 1 atom stereocenters. The van der Waals surface area contributed by atoms with Crippen molar-refractivity contribution in [1.29, 1.82) is 0 Å². The van der Waals surface area contributed by atoms with Crippen molar-refractivity contribution in [2.24, 2.45) is 4.99 Å². The summed E-state index contributed by atoms with van der Waals surface area (Å²) in [4.78, 5) is 3.98. The maximum atomic E-state index is 5.66. The van der Waals surface area contributed by atoms with Crippen LogP contribution in [0.25, 0.3) is 0 Å². The normalized spacial score (nSPS) is 25.4. The molecule has 0 aromatic rings. The number of alkyl halides is 1. The Labute approximate surface area is 59.7 Å². The number of nitrogens with zero attached hydrogens (tertiary/aromatic N) is 1. The summed E-state index contributed by atoms with van der Waals surface area (Å²) in [7, 11) is 0. The fraction of sp³-hybridized carbons (Fsp3) is 0.286. The van der Waals surface area contributed by atoms with Crippen LogP contribution in [0.1, 0.15) is 6.42 Å². The third-order valence-electron chi connectivity index (χ3n) is 1.17. The van der Waals surface area contributed by atoms with Crippen molar-refractivity contribution in [3.05, 3.63) is 24.3 Å². The Balaban J connectivity index is 2.62. The van der Waals surface area contributed by atoms with Gasteiger partial charge in [0.1, 0.15) is 5.50 Å². The summed E-state index contributed by atoms with van der Waals surface area (Å²) in [5.41, 5.74) is 1.00. The molecule has 0 radical (unpaired) electrons. The van der Waals surface area contributed by atoms with E-state index in [1.807, 2.05) is 6.08 Å². The van der Waals surface area contributed by atoms with E-state index in [9.17, 15) is 0 Å². The molecule has 0 bridgehead atoms. The lowest BCUT2D eigenvalue weighted by Crippen LogP contribution is -1.99. The molecular formula is C7H8ClN. The van der Waals surface area contributed by atoms with E-state index in [1.54, 1.807) is 12.3 Å². The first-order chi connectivity index (χ1) is 4.33. The van der Waals surface area contributed by atoms with Gasteiger partial charge < -0.3 is 0 Å². The van der Waals surface area contributed by atoms with E-state index < -0.39 is 0 Å². The van der Waals surface area contributed by atoms with Crippen LogP contribution >= 0.6 is 11.6 Å². The van der Waals surface area contributed by atoms with Crippen LogP contribution in [0.4, 0.5) is 0 Å². The molecule has 1 aliphatic rings. The maximum Gasteiger partial charge on any atom is 0.127 e. The lowest BCUT2D eigenvalue weighted by atomic mass is 10.2. The fourth-order valence-corrected chi connectivity index (χ4v) is 0.795. The topological polar surface area (TPSA) is 12.4 Å². The SMILES string of the molecule is C=CC1=CCC(Cl)N=C1. The van der Waals surface area contributed by atoms with Gasteiger partial charge in [-0.1, -0.05) is 30.3 Å². The second kappa shape index (κ2) is 2.83. The fourth-order valence-electron chi connectivity index (χ4n) is 0.650. The molecule has 1 rings (SSSR count). The van der Waals surface area contributed by atoms with E-state index >= 15 is 0 Å². The Morgan fingerprint density at radius 1 is 1.89 bits per heavy atom. The average Bonchev–Trinajstić information content (AvgIpc) is 1.90. The summed E-state index contributed by atoms with van der Waals surface area (Å²) in [6.07, 6.45) is 6.36. The van der Waals surface area contributed by atoms with Crippen LogP contribution in [0.5, 0.6) is 0 Å². The van der Waals surface area contributed by atoms with Crippen LogP contribution in [0.2, 0.25) is 0 Å². The van der Waals surface area contributed by atoms with Gasteiger partial charge in [-0.15, -0.1) is 0 Å². The third-order valence-corrected chi connectivity index (χ3v) is 1.46.